The molecule has 0 amide bonds. The molecule has 106 valence electrons. The minimum Gasteiger partial charge on any atom is -0.399 e. The number of aromatic nitrogens is 1. The lowest BCUT2D eigenvalue weighted by Crippen LogP contribution is -2.41. The van der Waals surface area contributed by atoms with Crippen molar-refractivity contribution in [1.82, 2.24) is 4.98 Å². The highest BCUT2D eigenvalue weighted by Gasteiger charge is 2.52. The molecule has 2 aromatic rings. The molecule has 0 radical (unpaired) electrons. The van der Waals surface area contributed by atoms with Gasteiger partial charge in [0.2, 0.25) is 0 Å². The van der Waals surface area contributed by atoms with Crippen molar-refractivity contribution < 1.29 is 9.31 Å². The molecule has 1 saturated heterocycles. The number of hydrogen-bond acceptors (Lipinski definition) is 4. The minimum atomic E-state index is -0.437. The van der Waals surface area contributed by atoms with Crippen LogP contribution in [0.1, 0.15) is 33.4 Å². The summed E-state index contributed by atoms with van der Waals surface area (Å²) < 4.78 is 12.2. The standard InChI is InChI=1S/C16H17BN2O2/c1-15(2)16(3,4)21-17(20-15)13-7-5-6-12-11(13)8-9-19-14(12)10-18/h5-9H,1-4H3. The fourth-order valence-corrected chi connectivity index (χ4v) is 2.50. The van der Waals surface area contributed by atoms with Crippen LogP contribution in [-0.4, -0.2) is 23.3 Å². The van der Waals surface area contributed by atoms with Gasteiger partial charge in [-0.3, -0.25) is 0 Å². The highest BCUT2D eigenvalue weighted by molar-refractivity contribution is 6.65. The molecule has 5 heteroatoms. The van der Waals surface area contributed by atoms with Crippen molar-refractivity contribution in [2.24, 2.45) is 0 Å². The summed E-state index contributed by atoms with van der Waals surface area (Å²) in [6.45, 7) is 8.11. The van der Waals surface area contributed by atoms with Gasteiger partial charge in [-0.2, -0.15) is 5.26 Å². The number of fused-ring (bicyclic) bond motifs is 1. The van der Waals surface area contributed by atoms with Crippen LogP contribution >= 0.6 is 0 Å². The lowest BCUT2D eigenvalue weighted by Gasteiger charge is -2.32. The van der Waals surface area contributed by atoms with Crippen LogP contribution in [0.2, 0.25) is 0 Å². The third kappa shape index (κ3) is 2.12. The van der Waals surface area contributed by atoms with E-state index in [1.54, 1.807) is 6.20 Å². The van der Waals surface area contributed by atoms with Crippen molar-refractivity contribution in [1.29, 1.82) is 5.26 Å². The summed E-state index contributed by atoms with van der Waals surface area (Å²) in [7, 11) is -0.437. The average molecular weight is 280 g/mol. The second kappa shape index (κ2) is 4.55. The number of benzene rings is 1. The van der Waals surface area contributed by atoms with E-state index in [0.717, 1.165) is 16.2 Å². The van der Waals surface area contributed by atoms with Gasteiger partial charge in [-0.1, -0.05) is 18.2 Å². The van der Waals surface area contributed by atoms with Crippen LogP contribution in [0.3, 0.4) is 0 Å². The van der Waals surface area contributed by atoms with Crippen molar-refractivity contribution >= 4 is 23.4 Å². The summed E-state index contributed by atoms with van der Waals surface area (Å²) in [5, 5.41) is 11.0. The average Bonchev–Trinajstić information content (AvgIpc) is 2.66. The molecule has 2 heterocycles. The largest absolute Gasteiger partial charge is 0.495 e. The molecule has 1 aliphatic rings. The molecule has 4 nitrogen and oxygen atoms in total. The Morgan fingerprint density at radius 1 is 1.05 bits per heavy atom. The van der Waals surface area contributed by atoms with Crippen molar-refractivity contribution in [2.45, 2.75) is 38.9 Å². The van der Waals surface area contributed by atoms with Crippen LogP contribution in [0, 0.1) is 11.3 Å². The summed E-state index contributed by atoms with van der Waals surface area (Å²) in [4.78, 5) is 4.11. The van der Waals surface area contributed by atoms with Gasteiger partial charge < -0.3 is 9.31 Å². The van der Waals surface area contributed by atoms with Gasteiger partial charge in [0, 0.05) is 11.6 Å². The van der Waals surface area contributed by atoms with Gasteiger partial charge >= 0.3 is 7.12 Å². The Hall–Kier alpha value is -1.90. The molecule has 0 atom stereocenters. The van der Waals surface area contributed by atoms with Gasteiger partial charge in [-0.15, -0.1) is 0 Å². The zero-order valence-corrected chi connectivity index (χ0v) is 12.7. The summed E-state index contributed by atoms with van der Waals surface area (Å²) in [6, 6.07) is 9.81. The molecule has 3 rings (SSSR count). The van der Waals surface area contributed by atoms with Gasteiger partial charge in [-0.05, 0) is 44.6 Å². The Morgan fingerprint density at radius 2 is 1.71 bits per heavy atom. The van der Waals surface area contributed by atoms with Crippen LogP contribution in [0.4, 0.5) is 0 Å². The molecule has 21 heavy (non-hydrogen) atoms. The molecule has 1 aromatic heterocycles. The van der Waals surface area contributed by atoms with Crippen LogP contribution in [0.25, 0.3) is 10.8 Å². The normalized spacial score (nSPS) is 19.7. The van der Waals surface area contributed by atoms with Gasteiger partial charge in [0.25, 0.3) is 0 Å². The van der Waals surface area contributed by atoms with E-state index in [1.165, 1.54) is 0 Å². The van der Waals surface area contributed by atoms with Gasteiger partial charge in [0.1, 0.15) is 11.8 Å². The Kier molecular flexibility index (Phi) is 3.05. The predicted molar refractivity (Wildman–Crippen MR) is 82.2 cm³/mol. The smallest absolute Gasteiger partial charge is 0.399 e. The summed E-state index contributed by atoms with van der Waals surface area (Å²) in [5.41, 5.74) is 0.589. The molecule has 0 aliphatic carbocycles. The number of nitrogens with zero attached hydrogens (tertiary/aromatic N) is 2. The number of pyridine rings is 1. The second-order valence-corrected chi connectivity index (χ2v) is 6.30. The number of rotatable bonds is 1. The van der Waals surface area contributed by atoms with Gasteiger partial charge in [-0.25, -0.2) is 4.98 Å². The fourth-order valence-electron chi connectivity index (χ4n) is 2.50. The SMILES string of the molecule is CC1(C)OB(c2cccc3c(C#N)nccc23)OC1(C)C. The van der Waals surface area contributed by atoms with E-state index >= 15 is 0 Å². The lowest BCUT2D eigenvalue weighted by molar-refractivity contribution is 0.00578. The number of nitriles is 1. The maximum Gasteiger partial charge on any atom is 0.495 e. The maximum absolute atomic E-state index is 9.18. The molecular weight excluding hydrogens is 263 g/mol. The Labute approximate surface area is 124 Å². The third-order valence-electron chi connectivity index (χ3n) is 4.45. The predicted octanol–water partition coefficient (Wildman–Crippen LogP) is 2.41. The van der Waals surface area contributed by atoms with Gasteiger partial charge in [0.05, 0.1) is 11.2 Å². The van der Waals surface area contributed by atoms with Crippen LogP contribution in [0.5, 0.6) is 0 Å². The second-order valence-electron chi connectivity index (χ2n) is 6.30. The molecule has 0 unspecified atom stereocenters. The van der Waals surface area contributed by atoms with Crippen LogP contribution < -0.4 is 5.46 Å². The molecule has 1 aliphatic heterocycles. The fraction of sp³-hybridized carbons (Fsp3) is 0.375. The third-order valence-corrected chi connectivity index (χ3v) is 4.45. The van der Waals surface area contributed by atoms with E-state index in [0.29, 0.717) is 5.69 Å². The first-order chi connectivity index (χ1) is 9.86. The molecule has 1 fully saturated rings. The van der Waals surface area contributed by atoms with E-state index in [9.17, 15) is 5.26 Å². The summed E-state index contributed by atoms with van der Waals surface area (Å²) in [5.74, 6) is 0. The van der Waals surface area contributed by atoms with E-state index < -0.39 is 7.12 Å². The van der Waals surface area contributed by atoms with Gasteiger partial charge in [0.15, 0.2) is 0 Å². The topological polar surface area (TPSA) is 55.1 Å². The van der Waals surface area contributed by atoms with Crippen LogP contribution in [0.15, 0.2) is 30.5 Å². The summed E-state index contributed by atoms with van der Waals surface area (Å²) in [6.07, 6.45) is 1.65. The monoisotopic (exact) mass is 280 g/mol. The lowest BCUT2D eigenvalue weighted by atomic mass is 9.76. The zero-order valence-electron chi connectivity index (χ0n) is 12.7. The first-order valence-electron chi connectivity index (χ1n) is 6.99. The van der Waals surface area contributed by atoms with Crippen molar-refractivity contribution in [3.05, 3.63) is 36.2 Å². The van der Waals surface area contributed by atoms with Crippen molar-refractivity contribution in [3.63, 3.8) is 0 Å². The first-order valence-corrected chi connectivity index (χ1v) is 6.99. The van der Waals surface area contributed by atoms with E-state index in [-0.39, 0.29) is 11.2 Å². The summed E-state index contributed by atoms with van der Waals surface area (Å²) >= 11 is 0. The molecule has 0 N–H and O–H groups in total. The van der Waals surface area contributed by atoms with E-state index in [1.807, 2.05) is 52.0 Å². The highest BCUT2D eigenvalue weighted by Crippen LogP contribution is 2.37. The van der Waals surface area contributed by atoms with E-state index in [2.05, 4.69) is 11.1 Å². The molecule has 0 bridgehead atoms. The highest BCUT2D eigenvalue weighted by atomic mass is 16.7. The maximum atomic E-state index is 9.18. The Bertz CT molecular complexity index is 734. The molecule has 0 saturated carbocycles. The van der Waals surface area contributed by atoms with Crippen molar-refractivity contribution in [3.8, 4) is 6.07 Å². The Morgan fingerprint density at radius 3 is 2.33 bits per heavy atom. The quantitative estimate of drug-likeness (QED) is 0.753. The van der Waals surface area contributed by atoms with Crippen LogP contribution in [-0.2, 0) is 9.31 Å². The zero-order chi connectivity index (χ0) is 15.3. The van der Waals surface area contributed by atoms with E-state index in [4.69, 9.17) is 9.31 Å². The minimum absolute atomic E-state index is 0.384. The molecule has 1 aromatic carbocycles. The number of hydrogen-bond donors (Lipinski definition) is 0. The molecule has 0 spiro atoms. The first kappa shape index (κ1) is 14.1. The van der Waals surface area contributed by atoms with Crippen molar-refractivity contribution in [2.75, 3.05) is 0 Å². The Balaban J connectivity index is 2.14. The molecular formula is C16H17BN2O2.